The first-order valence-electron chi connectivity index (χ1n) is 7.19. The molecule has 0 aliphatic heterocycles. The first kappa shape index (κ1) is 13.2. The van der Waals surface area contributed by atoms with E-state index in [1.165, 1.54) is 44.5 Å². The van der Waals surface area contributed by atoms with Crippen LogP contribution in [0.5, 0.6) is 0 Å². The SMILES string of the molecule is CC(=O)c1ccc(N(CC2CC2)CC2CC2)cc1Br. The van der Waals surface area contributed by atoms with E-state index in [0.717, 1.165) is 21.9 Å². The van der Waals surface area contributed by atoms with Crippen LogP contribution in [-0.4, -0.2) is 18.9 Å². The number of hydrogen-bond acceptors (Lipinski definition) is 2. The van der Waals surface area contributed by atoms with Crippen LogP contribution in [0.25, 0.3) is 0 Å². The molecular weight excluding hydrogens is 302 g/mol. The minimum Gasteiger partial charge on any atom is -0.371 e. The normalized spacial score (nSPS) is 18.4. The molecule has 0 saturated heterocycles. The molecule has 2 aliphatic carbocycles. The number of hydrogen-bond donors (Lipinski definition) is 0. The van der Waals surface area contributed by atoms with Crippen molar-refractivity contribution in [3.63, 3.8) is 0 Å². The van der Waals surface area contributed by atoms with Crippen molar-refractivity contribution in [1.82, 2.24) is 0 Å². The quantitative estimate of drug-likeness (QED) is 0.729. The van der Waals surface area contributed by atoms with E-state index in [1.807, 2.05) is 6.07 Å². The smallest absolute Gasteiger partial charge is 0.160 e. The van der Waals surface area contributed by atoms with Crippen LogP contribution in [0.4, 0.5) is 5.69 Å². The summed E-state index contributed by atoms with van der Waals surface area (Å²) in [6.07, 6.45) is 5.53. The predicted octanol–water partition coefficient (Wildman–Crippen LogP) is 4.28. The van der Waals surface area contributed by atoms with E-state index in [4.69, 9.17) is 0 Å². The van der Waals surface area contributed by atoms with Gasteiger partial charge in [0.25, 0.3) is 0 Å². The first-order valence-corrected chi connectivity index (χ1v) is 7.98. The fourth-order valence-corrected chi connectivity index (χ4v) is 3.14. The number of anilines is 1. The van der Waals surface area contributed by atoms with Crippen LogP contribution >= 0.6 is 15.9 Å². The second-order valence-electron chi connectivity index (χ2n) is 6.01. The zero-order chi connectivity index (χ0) is 13.4. The lowest BCUT2D eigenvalue weighted by atomic mass is 10.1. The molecule has 3 rings (SSSR count). The van der Waals surface area contributed by atoms with E-state index >= 15 is 0 Å². The van der Waals surface area contributed by atoms with Crippen molar-refractivity contribution in [2.75, 3.05) is 18.0 Å². The van der Waals surface area contributed by atoms with Gasteiger partial charge < -0.3 is 4.90 Å². The molecule has 0 radical (unpaired) electrons. The maximum Gasteiger partial charge on any atom is 0.160 e. The molecule has 2 aliphatic rings. The van der Waals surface area contributed by atoms with Crippen LogP contribution in [0, 0.1) is 11.8 Å². The Morgan fingerprint density at radius 1 is 1.21 bits per heavy atom. The van der Waals surface area contributed by atoms with Gasteiger partial charge in [-0.25, -0.2) is 0 Å². The van der Waals surface area contributed by atoms with E-state index in [1.54, 1.807) is 6.92 Å². The molecule has 0 amide bonds. The van der Waals surface area contributed by atoms with Gasteiger partial charge >= 0.3 is 0 Å². The summed E-state index contributed by atoms with van der Waals surface area (Å²) in [6.45, 7) is 3.98. The Morgan fingerprint density at radius 2 is 1.79 bits per heavy atom. The Morgan fingerprint density at radius 3 is 2.21 bits per heavy atom. The van der Waals surface area contributed by atoms with Gasteiger partial charge in [0.05, 0.1) is 0 Å². The highest BCUT2D eigenvalue weighted by atomic mass is 79.9. The number of benzene rings is 1. The second-order valence-corrected chi connectivity index (χ2v) is 6.87. The van der Waals surface area contributed by atoms with Crippen LogP contribution in [0.2, 0.25) is 0 Å². The summed E-state index contributed by atoms with van der Waals surface area (Å²) in [7, 11) is 0. The predicted molar refractivity (Wildman–Crippen MR) is 81.8 cm³/mol. The lowest BCUT2D eigenvalue weighted by Gasteiger charge is -2.25. The third kappa shape index (κ3) is 3.38. The van der Waals surface area contributed by atoms with Crippen molar-refractivity contribution >= 4 is 27.4 Å². The molecule has 0 bridgehead atoms. The Labute approximate surface area is 123 Å². The maximum atomic E-state index is 11.5. The number of ketones is 1. The molecule has 102 valence electrons. The summed E-state index contributed by atoms with van der Waals surface area (Å²) in [5.74, 6) is 1.91. The average molecular weight is 322 g/mol. The Bertz CT molecular complexity index is 478. The third-order valence-electron chi connectivity index (χ3n) is 4.05. The molecule has 2 nitrogen and oxygen atoms in total. The van der Waals surface area contributed by atoms with Crippen LogP contribution < -0.4 is 4.90 Å². The van der Waals surface area contributed by atoms with Crippen LogP contribution in [0.1, 0.15) is 43.0 Å². The second kappa shape index (κ2) is 5.28. The molecule has 0 aromatic heterocycles. The van der Waals surface area contributed by atoms with Crippen molar-refractivity contribution in [3.8, 4) is 0 Å². The lowest BCUT2D eigenvalue weighted by Crippen LogP contribution is -2.28. The van der Waals surface area contributed by atoms with Gasteiger partial charge in [0.1, 0.15) is 0 Å². The topological polar surface area (TPSA) is 20.3 Å². The largest absolute Gasteiger partial charge is 0.371 e. The molecule has 2 saturated carbocycles. The Kier molecular flexibility index (Phi) is 3.66. The highest BCUT2D eigenvalue weighted by molar-refractivity contribution is 9.10. The summed E-state index contributed by atoms with van der Waals surface area (Å²) < 4.78 is 0.925. The minimum atomic E-state index is 0.120. The van der Waals surface area contributed by atoms with Crippen LogP contribution in [0.3, 0.4) is 0 Å². The van der Waals surface area contributed by atoms with Gasteiger partial charge in [-0.3, -0.25) is 4.79 Å². The van der Waals surface area contributed by atoms with Gasteiger partial charge in [0.15, 0.2) is 5.78 Å². The number of carbonyl (C=O) groups excluding carboxylic acids is 1. The third-order valence-corrected chi connectivity index (χ3v) is 4.70. The molecular formula is C16H20BrNO. The summed E-state index contributed by atoms with van der Waals surface area (Å²) in [5, 5.41) is 0. The van der Waals surface area contributed by atoms with E-state index < -0.39 is 0 Å². The lowest BCUT2D eigenvalue weighted by molar-refractivity contribution is 0.101. The van der Waals surface area contributed by atoms with E-state index in [0.29, 0.717) is 0 Å². The molecule has 1 aromatic carbocycles. The van der Waals surface area contributed by atoms with Crippen LogP contribution in [-0.2, 0) is 0 Å². The number of carbonyl (C=O) groups is 1. The molecule has 0 spiro atoms. The molecule has 0 unspecified atom stereocenters. The summed E-state index contributed by atoms with van der Waals surface area (Å²) >= 11 is 3.53. The maximum absolute atomic E-state index is 11.5. The van der Waals surface area contributed by atoms with E-state index in [-0.39, 0.29) is 5.78 Å². The zero-order valence-electron chi connectivity index (χ0n) is 11.4. The molecule has 0 atom stereocenters. The standard InChI is InChI=1S/C16H20BrNO/c1-11(19)15-7-6-14(8-16(15)17)18(9-12-2-3-12)10-13-4-5-13/h6-8,12-13H,2-5,9-10H2,1H3. The Balaban J connectivity index is 1.79. The monoisotopic (exact) mass is 321 g/mol. The van der Waals surface area contributed by atoms with Gasteiger partial charge in [0.2, 0.25) is 0 Å². The van der Waals surface area contributed by atoms with Gasteiger partial charge in [-0.15, -0.1) is 0 Å². The first-order chi connectivity index (χ1) is 9.13. The molecule has 0 heterocycles. The van der Waals surface area contributed by atoms with Gasteiger partial charge in [0, 0.05) is 28.8 Å². The summed E-state index contributed by atoms with van der Waals surface area (Å²) in [5.41, 5.74) is 2.04. The Hall–Kier alpha value is -0.830. The van der Waals surface area contributed by atoms with Crippen molar-refractivity contribution < 1.29 is 4.79 Å². The fraction of sp³-hybridized carbons (Fsp3) is 0.562. The van der Waals surface area contributed by atoms with Gasteiger partial charge in [-0.1, -0.05) is 0 Å². The molecule has 2 fully saturated rings. The highest BCUT2D eigenvalue weighted by Crippen LogP contribution is 2.36. The highest BCUT2D eigenvalue weighted by Gasteiger charge is 2.29. The minimum absolute atomic E-state index is 0.120. The fourth-order valence-electron chi connectivity index (χ4n) is 2.50. The molecule has 0 N–H and O–H groups in total. The van der Waals surface area contributed by atoms with E-state index in [9.17, 15) is 4.79 Å². The number of Topliss-reactive ketones (excluding diaryl/α,β-unsaturated/α-hetero) is 1. The summed E-state index contributed by atoms with van der Waals surface area (Å²) in [4.78, 5) is 14.0. The summed E-state index contributed by atoms with van der Waals surface area (Å²) in [6, 6.07) is 6.17. The van der Waals surface area contributed by atoms with Crippen LogP contribution in [0.15, 0.2) is 22.7 Å². The number of rotatable bonds is 6. The van der Waals surface area contributed by atoms with Crippen molar-refractivity contribution in [2.45, 2.75) is 32.6 Å². The molecule has 19 heavy (non-hydrogen) atoms. The number of halogens is 1. The van der Waals surface area contributed by atoms with Crippen molar-refractivity contribution in [2.24, 2.45) is 11.8 Å². The van der Waals surface area contributed by atoms with E-state index in [2.05, 4.69) is 33.0 Å². The molecule has 1 aromatic rings. The van der Waals surface area contributed by atoms with Gasteiger partial charge in [-0.05, 0) is 78.6 Å². The van der Waals surface area contributed by atoms with Crippen molar-refractivity contribution in [3.05, 3.63) is 28.2 Å². The number of nitrogens with zero attached hydrogens (tertiary/aromatic N) is 1. The zero-order valence-corrected chi connectivity index (χ0v) is 12.9. The van der Waals surface area contributed by atoms with Gasteiger partial charge in [-0.2, -0.15) is 0 Å². The molecule has 3 heteroatoms. The van der Waals surface area contributed by atoms with Crippen molar-refractivity contribution in [1.29, 1.82) is 0 Å². The average Bonchev–Trinajstić information content (AvgIpc) is 3.22.